The Morgan fingerprint density at radius 1 is 1.07 bits per heavy atom. The number of rotatable bonds is 8. The molecule has 1 fully saturated rings. The second-order valence-electron chi connectivity index (χ2n) is 7.71. The van der Waals surface area contributed by atoms with Gasteiger partial charge in [0.2, 0.25) is 0 Å². The third kappa shape index (κ3) is 6.11. The number of urea groups is 1. The summed E-state index contributed by atoms with van der Waals surface area (Å²) >= 11 is 0. The smallest absolute Gasteiger partial charge is 0.315 e. The molecule has 1 saturated heterocycles. The van der Waals surface area contributed by atoms with Crippen molar-refractivity contribution >= 4 is 6.03 Å². The Labute approximate surface area is 167 Å². The van der Waals surface area contributed by atoms with Crippen molar-refractivity contribution < 1.29 is 9.21 Å². The van der Waals surface area contributed by atoms with Gasteiger partial charge in [0, 0.05) is 19.6 Å². The second kappa shape index (κ2) is 10.3. The standard InChI is InChI=1S/C22H32N4O2/c1-25(2)20(21-7-6-14-28-21)16-24-22(27)23-15-18-8-10-19(11-9-18)17-26-12-4-3-5-13-26/h6-11,14,20H,3-5,12-13,15-17H2,1-2H3,(H2,23,24,27). The van der Waals surface area contributed by atoms with Crippen LogP contribution >= 0.6 is 0 Å². The predicted octanol–water partition coefficient (Wildman–Crippen LogP) is 3.37. The van der Waals surface area contributed by atoms with Crippen LogP contribution in [0.5, 0.6) is 0 Å². The van der Waals surface area contributed by atoms with Gasteiger partial charge in [-0.2, -0.15) is 0 Å². The molecule has 0 radical (unpaired) electrons. The lowest BCUT2D eigenvalue weighted by molar-refractivity contribution is 0.221. The van der Waals surface area contributed by atoms with Gasteiger partial charge in [0.05, 0.1) is 12.3 Å². The molecular weight excluding hydrogens is 352 g/mol. The van der Waals surface area contributed by atoms with Crippen LogP contribution in [0, 0.1) is 0 Å². The summed E-state index contributed by atoms with van der Waals surface area (Å²) in [5, 5.41) is 5.86. The normalized spacial score (nSPS) is 16.1. The molecule has 2 amide bonds. The van der Waals surface area contributed by atoms with Crippen LogP contribution in [-0.4, -0.2) is 49.6 Å². The van der Waals surface area contributed by atoms with Crippen molar-refractivity contribution in [2.45, 2.75) is 38.4 Å². The van der Waals surface area contributed by atoms with Crippen LogP contribution in [0.2, 0.25) is 0 Å². The van der Waals surface area contributed by atoms with E-state index in [2.05, 4.69) is 39.8 Å². The Kier molecular flexibility index (Phi) is 7.51. The zero-order chi connectivity index (χ0) is 19.8. The monoisotopic (exact) mass is 384 g/mol. The molecule has 1 aliphatic heterocycles. The fraction of sp³-hybridized carbons (Fsp3) is 0.500. The number of hydrogen-bond acceptors (Lipinski definition) is 4. The van der Waals surface area contributed by atoms with Gasteiger partial charge in [-0.1, -0.05) is 30.7 Å². The summed E-state index contributed by atoms with van der Waals surface area (Å²) in [6.45, 7) is 4.43. The van der Waals surface area contributed by atoms with E-state index in [4.69, 9.17) is 4.42 Å². The summed E-state index contributed by atoms with van der Waals surface area (Å²) < 4.78 is 5.47. The number of benzene rings is 1. The van der Waals surface area contributed by atoms with E-state index in [-0.39, 0.29) is 12.1 Å². The van der Waals surface area contributed by atoms with Crippen LogP contribution in [0.25, 0.3) is 0 Å². The maximum Gasteiger partial charge on any atom is 0.315 e. The van der Waals surface area contributed by atoms with E-state index in [9.17, 15) is 4.79 Å². The zero-order valence-electron chi connectivity index (χ0n) is 17.0. The minimum atomic E-state index is -0.171. The van der Waals surface area contributed by atoms with E-state index in [1.807, 2.05) is 31.1 Å². The molecule has 1 aromatic heterocycles. The largest absolute Gasteiger partial charge is 0.468 e. The summed E-state index contributed by atoms with van der Waals surface area (Å²) in [5.41, 5.74) is 2.44. The molecule has 2 aromatic rings. The molecule has 2 heterocycles. The average Bonchev–Trinajstić information content (AvgIpc) is 3.22. The molecule has 1 atom stereocenters. The Balaban J connectivity index is 1.41. The molecule has 6 nitrogen and oxygen atoms in total. The van der Waals surface area contributed by atoms with Crippen molar-refractivity contribution in [3.05, 3.63) is 59.5 Å². The lowest BCUT2D eigenvalue weighted by atomic mass is 10.1. The van der Waals surface area contributed by atoms with Gasteiger partial charge in [0.15, 0.2) is 0 Å². The first-order valence-corrected chi connectivity index (χ1v) is 10.1. The number of piperidine rings is 1. The lowest BCUT2D eigenvalue weighted by Crippen LogP contribution is -2.40. The Morgan fingerprint density at radius 3 is 2.43 bits per heavy atom. The fourth-order valence-electron chi connectivity index (χ4n) is 3.59. The maximum absolute atomic E-state index is 12.2. The highest BCUT2D eigenvalue weighted by atomic mass is 16.3. The van der Waals surface area contributed by atoms with E-state index >= 15 is 0 Å². The molecule has 152 valence electrons. The maximum atomic E-state index is 12.2. The molecule has 28 heavy (non-hydrogen) atoms. The van der Waals surface area contributed by atoms with Crippen molar-refractivity contribution in [2.24, 2.45) is 0 Å². The van der Waals surface area contributed by atoms with E-state index in [0.717, 1.165) is 17.9 Å². The van der Waals surface area contributed by atoms with Crippen LogP contribution in [0.4, 0.5) is 4.79 Å². The first-order valence-electron chi connectivity index (χ1n) is 10.1. The average molecular weight is 385 g/mol. The van der Waals surface area contributed by atoms with Crippen LogP contribution in [-0.2, 0) is 13.1 Å². The molecule has 1 aromatic carbocycles. The summed E-state index contributed by atoms with van der Waals surface area (Å²) in [7, 11) is 3.94. The van der Waals surface area contributed by atoms with Gasteiger partial charge in [-0.15, -0.1) is 0 Å². The van der Waals surface area contributed by atoms with E-state index in [0.29, 0.717) is 13.1 Å². The van der Waals surface area contributed by atoms with Crippen LogP contribution in [0.1, 0.15) is 42.2 Å². The highest BCUT2D eigenvalue weighted by molar-refractivity contribution is 5.73. The lowest BCUT2D eigenvalue weighted by Gasteiger charge is -2.26. The van der Waals surface area contributed by atoms with Crippen molar-refractivity contribution in [1.82, 2.24) is 20.4 Å². The third-order valence-corrected chi connectivity index (χ3v) is 5.28. The first-order chi connectivity index (χ1) is 13.6. The highest BCUT2D eigenvalue weighted by Crippen LogP contribution is 2.17. The summed E-state index contributed by atoms with van der Waals surface area (Å²) in [5.74, 6) is 0.842. The second-order valence-corrected chi connectivity index (χ2v) is 7.71. The number of likely N-dealkylation sites (tertiary alicyclic amines) is 1. The number of amides is 2. The van der Waals surface area contributed by atoms with Gasteiger partial charge in [-0.3, -0.25) is 9.80 Å². The summed E-state index contributed by atoms with van der Waals surface area (Å²) in [6.07, 6.45) is 5.64. The molecule has 0 saturated carbocycles. The van der Waals surface area contributed by atoms with Crippen molar-refractivity contribution in [2.75, 3.05) is 33.7 Å². The van der Waals surface area contributed by atoms with E-state index < -0.39 is 0 Å². The molecule has 1 unspecified atom stereocenters. The highest BCUT2D eigenvalue weighted by Gasteiger charge is 2.17. The quantitative estimate of drug-likeness (QED) is 0.733. The number of likely N-dealkylation sites (N-methyl/N-ethyl adjacent to an activating group) is 1. The van der Waals surface area contributed by atoms with Gasteiger partial charge in [-0.25, -0.2) is 4.79 Å². The predicted molar refractivity (Wildman–Crippen MR) is 111 cm³/mol. The number of hydrogen-bond donors (Lipinski definition) is 2. The number of nitrogens with one attached hydrogen (secondary N) is 2. The Morgan fingerprint density at radius 2 is 1.79 bits per heavy atom. The molecule has 0 spiro atoms. The van der Waals surface area contributed by atoms with Gasteiger partial charge in [0.1, 0.15) is 5.76 Å². The van der Waals surface area contributed by atoms with E-state index in [1.165, 1.54) is 37.9 Å². The van der Waals surface area contributed by atoms with Crippen LogP contribution < -0.4 is 10.6 Å². The van der Waals surface area contributed by atoms with Gasteiger partial charge >= 0.3 is 6.03 Å². The third-order valence-electron chi connectivity index (χ3n) is 5.28. The molecule has 3 rings (SSSR count). The SMILES string of the molecule is CN(C)C(CNC(=O)NCc1ccc(CN2CCCCC2)cc1)c1ccco1. The minimum Gasteiger partial charge on any atom is -0.468 e. The topological polar surface area (TPSA) is 60.8 Å². The number of carbonyl (C=O) groups is 1. The summed E-state index contributed by atoms with van der Waals surface area (Å²) in [4.78, 5) is 16.7. The first kappa shape index (κ1) is 20.4. The molecule has 0 aliphatic carbocycles. The number of carbonyl (C=O) groups excluding carboxylic acids is 1. The molecule has 6 heteroatoms. The Hall–Kier alpha value is -2.31. The van der Waals surface area contributed by atoms with Gasteiger partial charge in [-0.05, 0) is 63.3 Å². The van der Waals surface area contributed by atoms with Crippen molar-refractivity contribution in [1.29, 1.82) is 0 Å². The molecule has 2 N–H and O–H groups in total. The molecule has 0 bridgehead atoms. The number of nitrogens with zero attached hydrogens (tertiary/aromatic N) is 2. The van der Waals surface area contributed by atoms with Crippen LogP contribution in [0.3, 0.4) is 0 Å². The minimum absolute atomic E-state index is 0.00909. The van der Waals surface area contributed by atoms with Crippen molar-refractivity contribution in [3.63, 3.8) is 0 Å². The van der Waals surface area contributed by atoms with Gasteiger partial charge in [0.25, 0.3) is 0 Å². The summed E-state index contributed by atoms with van der Waals surface area (Å²) in [6, 6.07) is 12.2. The number of furan rings is 1. The zero-order valence-corrected chi connectivity index (χ0v) is 17.0. The molecular formula is C22H32N4O2. The molecule has 1 aliphatic rings. The van der Waals surface area contributed by atoms with E-state index in [1.54, 1.807) is 6.26 Å². The fourth-order valence-corrected chi connectivity index (χ4v) is 3.59. The van der Waals surface area contributed by atoms with Crippen LogP contribution in [0.15, 0.2) is 47.1 Å². The Bertz CT molecular complexity index is 707. The van der Waals surface area contributed by atoms with Gasteiger partial charge < -0.3 is 15.1 Å². The van der Waals surface area contributed by atoms with Crippen molar-refractivity contribution in [3.8, 4) is 0 Å².